The number of hydrogen-bond acceptors (Lipinski definition) is 2. The molecule has 20 heavy (non-hydrogen) atoms. The van der Waals surface area contributed by atoms with E-state index in [1.54, 1.807) is 0 Å². The lowest BCUT2D eigenvalue weighted by Gasteiger charge is -2.29. The molecule has 1 N–H and O–H groups in total. The van der Waals surface area contributed by atoms with Crippen LogP contribution in [0.25, 0.3) is 0 Å². The maximum atomic E-state index is 12.3. The number of carbonyl (C=O) groups excluding carboxylic acids is 1. The monoisotopic (exact) mass is 341 g/mol. The van der Waals surface area contributed by atoms with Crippen LogP contribution >= 0.6 is 15.9 Å². The number of rotatable bonds is 4. The topological polar surface area (TPSA) is 37.3 Å². The molecule has 112 valence electrons. The molecule has 0 radical (unpaired) electrons. The van der Waals surface area contributed by atoms with Crippen molar-refractivity contribution in [1.29, 1.82) is 0 Å². The van der Waals surface area contributed by atoms with E-state index in [-0.39, 0.29) is 11.9 Å². The lowest BCUT2D eigenvalue weighted by atomic mass is 9.98. The number of halogens is 1. The lowest BCUT2D eigenvalue weighted by molar-refractivity contribution is 0.0926. The highest BCUT2D eigenvalue weighted by atomic mass is 79.9. The number of likely N-dealkylation sites (tertiary alicyclic amines) is 1. The van der Waals surface area contributed by atoms with Gasteiger partial charge in [-0.1, -0.05) is 0 Å². The molecule has 2 rings (SSSR count). The van der Waals surface area contributed by atoms with E-state index in [0.717, 1.165) is 23.3 Å². The van der Waals surface area contributed by atoms with E-state index < -0.39 is 0 Å². The number of nitrogens with one attached hydrogen (secondary N) is 1. The van der Waals surface area contributed by atoms with E-state index in [1.165, 1.54) is 19.4 Å². The Balaban J connectivity index is 1.95. The predicted octanol–water partition coefficient (Wildman–Crippen LogP) is 2.90. The number of piperidine rings is 1. The molecule has 1 unspecified atom stereocenters. The Labute approximate surface area is 129 Å². The molecule has 0 aliphatic carbocycles. The van der Waals surface area contributed by atoms with E-state index in [2.05, 4.69) is 47.0 Å². The molecule has 1 amide bonds. The molecule has 1 aromatic heterocycles. The van der Waals surface area contributed by atoms with Crippen molar-refractivity contribution in [3.8, 4) is 0 Å². The van der Waals surface area contributed by atoms with Crippen molar-refractivity contribution in [3.05, 3.63) is 22.4 Å². The summed E-state index contributed by atoms with van der Waals surface area (Å²) in [6, 6.07) is 2.17. The van der Waals surface area contributed by atoms with Gasteiger partial charge in [0.2, 0.25) is 0 Å². The van der Waals surface area contributed by atoms with Gasteiger partial charge in [-0.25, -0.2) is 0 Å². The molecular weight excluding hydrogens is 318 g/mol. The minimum Gasteiger partial charge on any atom is -0.350 e. The average Bonchev–Trinajstić information content (AvgIpc) is 2.78. The number of amides is 1. The van der Waals surface area contributed by atoms with Crippen LogP contribution in [0.5, 0.6) is 0 Å². The first-order valence-electron chi connectivity index (χ1n) is 7.31. The third-order valence-electron chi connectivity index (χ3n) is 3.88. The second kappa shape index (κ2) is 6.76. The molecule has 1 atom stereocenters. The molecule has 0 aromatic carbocycles. The zero-order valence-electron chi connectivity index (χ0n) is 12.5. The highest BCUT2D eigenvalue weighted by Crippen LogP contribution is 2.20. The number of hydrogen-bond donors (Lipinski definition) is 1. The summed E-state index contributed by atoms with van der Waals surface area (Å²) in [5.41, 5.74) is 0.732. The van der Waals surface area contributed by atoms with Crippen LogP contribution in [-0.4, -0.2) is 42.1 Å². The van der Waals surface area contributed by atoms with Gasteiger partial charge in [-0.05, 0) is 68.2 Å². The fourth-order valence-corrected chi connectivity index (χ4v) is 3.26. The normalized spacial score (nSPS) is 20.4. The molecule has 1 aliphatic heterocycles. The van der Waals surface area contributed by atoms with Crippen LogP contribution in [0.1, 0.15) is 43.2 Å². The summed E-state index contributed by atoms with van der Waals surface area (Å²) < 4.78 is 2.96. The van der Waals surface area contributed by atoms with Crippen molar-refractivity contribution in [3.63, 3.8) is 0 Å². The van der Waals surface area contributed by atoms with E-state index in [4.69, 9.17) is 0 Å². The second-order valence-corrected chi connectivity index (χ2v) is 6.94. The fourth-order valence-electron chi connectivity index (χ4n) is 2.82. The van der Waals surface area contributed by atoms with Crippen LogP contribution in [-0.2, 0) is 0 Å². The zero-order valence-corrected chi connectivity index (χ0v) is 14.1. The molecule has 0 bridgehead atoms. The second-order valence-electron chi connectivity index (χ2n) is 6.03. The molecule has 2 heterocycles. The zero-order chi connectivity index (χ0) is 14.7. The smallest absolute Gasteiger partial charge is 0.267 e. The van der Waals surface area contributed by atoms with Gasteiger partial charge in [0.05, 0.1) is 0 Å². The Bertz CT molecular complexity index is 470. The van der Waals surface area contributed by atoms with Crippen molar-refractivity contribution >= 4 is 21.8 Å². The predicted molar refractivity (Wildman–Crippen MR) is 85.1 cm³/mol. The van der Waals surface area contributed by atoms with Crippen molar-refractivity contribution in [2.75, 3.05) is 26.7 Å². The third-order valence-corrected chi connectivity index (χ3v) is 4.31. The first kappa shape index (κ1) is 15.6. The van der Waals surface area contributed by atoms with Crippen LogP contribution in [0.15, 0.2) is 16.7 Å². The maximum absolute atomic E-state index is 12.3. The van der Waals surface area contributed by atoms with E-state index in [1.807, 2.05) is 16.8 Å². The van der Waals surface area contributed by atoms with Crippen LogP contribution in [0.3, 0.4) is 0 Å². The maximum Gasteiger partial charge on any atom is 0.267 e. The van der Waals surface area contributed by atoms with Gasteiger partial charge >= 0.3 is 0 Å². The first-order chi connectivity index (χ1) is 9.47. The molecule has 4 nitrogen and oxygen atoms in total. The summed E-state index contributed by atoms with van der Waals surface area (Å²) in [7, 11) is 2.15. The van der Waals surface area contributed by atoms with Crippen LogP contribution in [0, 0.1) is 5.92 Å². The SMILES string of the molecule is CC(C)n1cc(Br)cc1C(=O)NCC1CCCN(C)C1. The highest BCUT2D eigenvalue weighted by Gasteiger charge is 2.19. The Morgan fingerprint density at radius 2 is 2.30 bits per heavy atom. The van der Waals surface area contributed by atoms with Gasteiger partial charge in [-0.15, -0.1) is 0 Å². The average molecular weight is 342 g/mol. The Kier molecular flexibility index (Phi) is 5.27. The summed E-state index contributed by atoms with van der Waals surface area (Å²) in [5, 5.41) is 3.09. The van der Waals surface area contributed by atoms with Gasteiger partial charge < -0.3 is 14.8 Å². The minimum atomic E-state index is 0.0256. The lowest BCUT2D eigenvalue weighted by Crippen LogP contribution is -2.39. The molecule has 1 saturated heterocycles. The quantitative estimate of drug-likeness (QED) is 0.914. The van der Waals surface area contributed by atoms with Gasteiger partial charge in [0.1, 0.15) is 5.69 Å². The van der Waals surface area contributed by atoms with Crippen LogP contribution in [0.2, 0.25) is 0 Å². The minimum absolute atomic E-state index is 0.0256. The van der Waals surface area contributed by atoms with Crippen molar-refractivity contribution < 1.29 is 4.79 Å². The van der Waals surface area contributed by atoms with Gasteiger partial charge in [0, 0.05) is 29.8 Å². The fraction of sp³-hybridized carbons (Fsp3) is 0.667. The standard InChI is InChI=1S/C15H24BrN3O/c1-11(2)19-10-13(16)7-14(19)15(20)17-8-12-5-4-6-18(3)9-12/h7,10-12H,4-6,8-9H2,1-3H3,(H,17,20). The van der Waals surface area contributed by atoms with Gasteiger partial charge in [0.25, 0.3) is 5.91 Å². The van der Waals surface area contributed by atoms with Crippen LogP contribution < -0.4 is 5.32 Å². The molecule has 0 saturated carbocycles. The van der Waals surface area contributed by atoms with Crippen LogP contribution in [0.4, 0.5) is 0 Å². The molecular formula is C15H24BrN3O. The molecule has 1 aliphatic rings. The Hall–Kier alpha value is -0.810. The van der Waals surface area contributed by atoms with Gasteiger partial charge in [0.15, 0.2) is 0 Å². The molecule has 1 aromatic rings. The highest BCUT2D eigenvalue weighted by molar-refractivity contribution is 9.10. The molecule has 0 spiro atoms. The van der Waals surface area contributed by atoms with E-state index in [9.17, 15) is 4.79 Å². The Morgan fingerprint density at radius 1 is 1.55 bits per heavy atom. The summed E-state index contributed by atoms with van der Waals surface area (Å²) in [4.78, 5) is 14.7. The summed E-state index contributed by atoms with van der Waals surface area (Å²) in [6.07, 6.45) is 4.40. The Morgan fingerprint density at radius 3 is 2.95 bits per heavy atom. The number of aromatic nitrogens is 1. The molecule has 1 fully saturated rings. The van der Waals surface area contributed by atoms with Gasteiger partial charge in [-0.2, -0.15) is 0 Å². The number of nitrogens with zero attached hydrogens (tertiary/aromatic N) is 2. The van der Waals surface area contributed by atoms with Gasteiger partial charge in [-0.3, -0.25) is 4.79 Å². The first-order valence-corrected chi connectivity index (χ1v) is 8.10. The summed E-state index contributed by atoms with van der Waals surface area (Å²) in [5.74, 6) is 0.598. The third kappa shape index (κ3) is 3.85. The van der Waals surface area contributed by atoms with Crippen molar-refractivity contribution in [2.45, 2.75) is 32.7 Å². The molecule has 5 heteroatoms. The number of carbonyl (C=O) groups is 1. The largest absolute Gasteiger partial charge is 0.350 e. The van der Waals surface area contributed by atoms with Crippen molar-refractivity contribution in [2.24, 2.45) is 5.92 Å². The van der Waals surface area contributed by atoms with E-state index in [0.29, 0.717) is 5.92 Å². The van der Waals surface area contributed by atoms with Crippen molar-refractivity contribution in [1.82, 2.24) is 14.8 Å². The van der Waals surface area contributed by atoms with E-state index >= 15 is 0 Å². The summed E-state index contributed by atoms with van der Waals surface area (Å²) in [6.45, 7) is 7.19. The summed E-state index contributed by atoms with van der Waals surface area (Å²) >= 11 is 3.45.